The van der Waals surface area contributed by atoms with Crippen LogP contribution >= 0.6 is 0 Å². The number of benzene rings is 2. The quantitative estimate of drug-likeness (QED) is 0.833. The fourth-order valence-corrected chi connectivity index (χ4v) is 2.05. The van der Waals surface area contributed by atoms with Crippen LogP contribution in [0.25, 0.3) is 10.8 Å². The zero-order valence-corrected chi connectivity index (χ0v) is 10.9. The van der Waals surface area contributed by atoms with Crippen LogP contribution in [-0.2, 0) is 0 Å². The Morgan fingerprint density at radius 1 is 0.500 bits per heavy atom. The van der Waals surface area contributed by atoms with Crippen molar-refractivity contribution in [3.63, 3.8) is 0 Å². The molecule has 0 heterocycles. The highest BCUT2D eigenvalue weighted by Crippen LogP contribution is 2.43. The molecule has 2 rings (SSSR count). The molecular formula is C14H16O4. The fourth-order valence-electron chi connectivity index (χ4n) is 2.05. The molecule has 18 heavy (non-hydrogen) atoms. The van der Waals surface area contributed by atoms with Crippen LogP contribution in [0.15, 0.2) is 24.3 Å². The first kappa shape index (κ1) is 12.4. The van der Waals surface area contributed by atoms with E-state index in [0.717, 1.165) is 33.8 Å². The molecule has 0 saturated heterocycles. The monoisotopic (exact) mass is 248 g/mol. The molecule has 0 bridgehead atoms. The Balaban J connectivity index is 2.92. The average molecular weight is 248 g/mol. The van der Waals surface area contributed by atoms with Crippen LogP contribution < -0.4 is 18.9 Å². The summed E-state index contributed by atoms with van der Waals surface area (Å²) in [5.41, 5.74) is 0. The Hall–Kier alpha value is -2.10. The first-order chi connectivity index (χ1) is 8.76. The van der Waals surface area contributed by atoms with Crippen molar-refractivity contribution in [1.29, 1.82) is 0 Å². The standard InChI is InChI=1S/C14H16O4/c1-15-9-5-6-11(17-3)14-12(18-4)8-7-10(16-2)13(9)14/h5-8H,1-4H3. The number of ether oxygens (including phenoxy) is 4. The van der Waals surface area contributed by atoms with Crippen molar-refractivity contribution in [2.75, 3.05) is 28.4 Å². The Kier molecular flexibility index (Phi) is 3.46. The van der Waals surface area contributed by atoms with E-state index in [1.54, 1.807) is 28.4 Å². The lowest BCUT2D eigenvalue weighted by Crippen LogP contribution is -1.95. The van der Waals surface area contributed by atoms with E-state index in [4.69, 9.17) is 18.9 Å². The molecule has 4 nitrogen and oxygen atoms in total. The molecular weight excluding hydrogens is 232 g/mol. The summed E-state index contributed by atoms with van der Waals surface area (Å²) >= 11 is 0. The van der Waals surface area contributed by atoms with Crippen LogP contribution in [0.3, 0.4) is 0 Å². The van der Waals surface area contributed by atoms with Gasteiger partial charge in [-0.2, -0.15) is 0 Å². The molecule has 0 atom stereocenters. The normalized spacial score (nSPS) is 10.2. The molecule has 0 aliphatic carbocycles. The third-order valence-electron chi connectivity index (χ3n) is 2.89. The van der Waals surface area contributed by atoms with E-state index in [9.17, 15) is 0 Å². The smallest absolute Gasteiger partial charge is 0.130 e. The van der Waals surface area contributed by atoms with Crippen LogP contribution in [0, 0.1) is 0 Å². The molecule has 0 aliphatic heterocycles. The zero-order valence-electron chi connectivity index (χ0n) is 10.9. The second-order valence-corrected chi connectivity index (χ2v) is 3.69. The summed E-state index contributed by atoms with van der Waals surface area (Å²) in [4.78, 5) is 0. The van der Waals surface area contributed by atoms with Gasteiger partial charge in [-0.05, 0) is 24.3 Å². The maximum Gasteiger partial charge on any atom is 0.130 e. The van der Waals surface area contributed by atoms with Gasteiger partial charge in [-0.25, -0.2) is 0 Å². The van der Waals surface area contributed by atoms with Gasteiger partial charge in [0.2, 0.25) is 0 Å². The molecule has 0 aromatic heterocycles. The number of rotatable bonds is 4. The maximum absolute atomic E-state index is 5.38. The molecule has 0 spiro atoms. The fraction of sp³-hybridized carbons (Fsp3) is 0.286. The second-order valence-electron chi connectivity index (χ2n) is 3.69. The van der Waals surface area contributed by atoms with Crippen molar-refractivity contribution in [1.82, 2.24) is 0 Å². The van der Waals surface area contributed by atoms with Crippen LogP contribution in [0.2, 0.25) is 0 Å². The van der Waals surface area contributed by atoms with Crippen molar-refractivity contribution >= 4 is 10.8 Å². The lowest BCUT2D eigenvalue weighted by atomic mass is 10.1. The summed E-state index contributed by atoms with van der Waals surface area (Å²) in [5, 5.41) is 1.69. The van der Waals surface area contributed by atoms with Crippen LogP contribution in [0.5, 0.6) is 23.0 Å². The lowest BCUT2D eigenvalue weighted by Gasteiger charge is -2.15. The highest BCUT2D eigenvalue weighted by Gasteiger charge is 2.16. The molecule has 0 fully saturated rings. The molecule has 0 amide bonds. The average Bonchev–Trinajstić information content (AvgIpc) is 2.44. The van der Waals surface area contributed by atoms with Gasteiger partial charge in [-0.3, -0.25) is 0 Å². The highest BCUT2D eigenvalue weighted by atomic mass is 16.5. The topological polar surface area (TPSA) is 36.9 Å². The van der Waals surface area contributed by atoms with E-state index in [1.165, 1.54) is 0 Å². The highest BCUT2D eigenvalue weighted by molar-refractivity contribution is 6.02. The summed E-state index contributed by atoms with van der Waals surface area (Å²) in [6, 6.07) is 7.40. The molecule has 0 aliphatic rings. The van der Waals surface area contributed by atoms with Gasteiger partial charge in [-0.15, -0.1) is 0 Å². The number of hydrogen-bond donors (Lipinski definition) is 0. The number of fused-ring (bicyclic) bond motifs is 1. The summed E-state index contributed by atoms with van der Waals surface area (Å²) in [6.07, 6.45) is 0. The van der Waals surface area contributed by atoms with Gasteiger partial charge in [0, 0.05) is 0 Å². The van der Waals surface area contributed by atoms with Crippen molar-refractivity contribution in [3.05, 3.63) is 24.3 Å². The Morgan fingerprint density at radius 2 is 0.722 bits per heavy atom. The summed E-state index contributed by atoms with van der Waals surface area (Å²) in [5.74, 6) is 2.89. The third-order valence-corrected chi connectivity index (χ3v) is 2.89. The van der Waals surface area contributed by atoms with Gasteiger partial charge < -0.3 is 18.9 Å². The molecule has 0 unspecified atom stereocenters. The summed E-state index contributed by atoms with van der Waals surface area (Å²) in [7, 11) is 6.50. The van der Waals surface area contributed by atoms with Crippen molar-refractivity contribution < 1.29 is 18.9 Å². The molecule has 2 aromatic rings. The summed E-state index contributed by atoms with van der Waals surface area (Å²) in [6.45, 7) is 0. The van der Waals surface area contributed by atoms with Crippen LogP contribution in [0.1, 0.15) is 0 Å². The minimum absolute atomic E-state index is 0.724. The van der Waals surface area contributed by atoms with Gasteiger partial charge in [0.05, 0.1) is 39.2 Å². The van der Waals surface area contributed by atoms with E-state index >= 15 is 0 Å². The van der Waals surface area contributed by atoms with Crippen molar-refractivity contribution in [3.8, 4) is 23.0 Å². The first-order valence-electron chi connectivity index (χ1n) is 5.52. The van der Waals surface area contributed by atoms with Gasteiger partial charge in [0.15, 0.2) is 0 Å². The minimum Gasteiger partial charge on any atom is -0.496 e. The molecule has 0 saturated carbocycles. The van der Waals surface area contributed by atoms with E-state index in [1.807, 2.05) is 24.3 Å². The molecule has 4 heteroatoms. The van der Waals surface area contributed by atoms with Gasteiger partial charge in [0.1, 0.15) is 23.0 Å². The predicted molar refractivity (Wildman–Crippen MR) is 70.2 cm³/mol. The zero-order chi connectivity index (χ0) is 13.1. The predicted octanol–water partition coefficient (Wildman–Crippen LogP) is 2.87. The number of methoxy groups -OCH3 is 4. The Labute approximate surface area is 106 Å². The molecule has 0 radical (unpaired) electrons. The molecule has 2 aromatic carbocycles. The maximum atomic E-state index is 5.38. The Bertz CT molecular complexity index is 466. The van der Waals surface area contributed by atoms with E-state index < -0.39 is 0 Å². The SMILES string of the molecule is COc1ccc(OC)c2c(OC)ccc(OC)c12. The van der Waals surface area contributed by atoms with Crippen molar-refractivity contribution in [2.24, 2.45) is 0 Å². The Morgan fingerprint density at radius 3 is 0.889 bits per heavy atom. The third kappa shape index (κ3) is 1.79. The lowest BCUT2D eigenvalue weighted by molar-refractivity contribution is 0.392. The van der Waals surface area contributed by atoms with Gasteiger partial charge >= 0.3 is 0 Å². The first-order valence-corrected chi connectivity index (χ1v) is 5.52. The minimum atomic E-state index is 0.724. The van der Waals surface area contributed by atoms with Crippen LogP contribution in [0.4, 0.5) is 0 Å². The van der Waals surface area contributed by atoms with E-state index in [0.29, 0.717) is 0 Å². The second kappa shape index (κ2) is 5.04. The van der Waals surface area contributed by atoms with E-state index in [-0.39, 0.29) is 0 Å². The van der Waals surface area contributed by atoms with E-state index in [2.05, 4.69) is 0 Å². The van der Waals surface area contributed by atoms with Crippen molar-refractivity contribution in [2.45, 2.75) is 0 Å². The molecule has 96 valence electrons. The summed E-state index contributed by atoms with van der Waals surface area (Å²) < 4.78 is 21.5. The van der Waals surface area contributed by atoms with Crippen LogP contribution in [-0.4, -0.2) is 28.4 Å². The number of hydrogen-bond acceptors (Lipinski definition) is 4. The molecule has 0 N–H and O–H groups in total. The van der Waals surface area contributed by atoms with Gasteiger partial charge in [0.25, 0.3) is 0 Å². The van der Waals surface area contributed by atoms with Gasteiger partial charge in [-0.1, -0.05) is 0 Å². The largest absolute Gasteiger partial charge is 0.496 e.